The van der Waals surface area contributed by atoms with Gasteiger partial charge in [0.1, 0.15) is 0 Å². The van der Waals surface area contributed by atoms with Gasteiger partial charge in [0.2, 0.25) is 0 Å². The maximum Gasteiger partial charge on any atom is 0.0482 e. The van der Waals surface area contributed by atoms with E-state index in [2.05, 4.69) is 42.8 Å². The number of aromatic nitrogens is 1. The summed E-state index contributed by atoms with van der Waals surface area (Å²) >= 11 is 0. The Morgan fingerprint density at radius 2 is 2.00 bits per heavy atom. The largest absolute Gasteiger partial charge is 0.347 e. The van der Waals surface area contributed by atoms with E-state index in [0.717, 1.165) is 19.4 Å². The van der Waals surface area contributed by atoms with Crippen molar-refractivity contribution in [1.82, 2.24) is 4.57 Å². The van der Waals surface area contributed by atoms with Gasteiger partial charge in [-0.2, -0.15) is 0 Å². The Kier molecular flexibility index (Phi) is 2.78. The highest BCUT2D eigenvalue weighted by Gasteiger charge is 2.09. The lowest BCUT2D eigenvalue weighted by Gasteiger charge is -2.04. The van der Waals surface area contributed by atoms with Crippen LogP contribution < -0.4 is 5.73 Å². The molecule has 2 nitrogen and oxygen atoms in total. The molecule has 2 N–H and O–H groups in total. The molecular weight excluding hydrogens is 184 g/mol. The molecule has 0 fully saturated rings. The monoisotopic (exact) mass is 202 g/mol. The molecule has 0 aliphatic heterocycles. The zero-order chi connectivity index (χ0) is 10.8. The number of rotatable bonds is 3. The predicted molar refractivity (Wildman–Crippen MR) is 65.0 cm³/mol. The Balaban J connectivity index is 2.54. The fraction of sp³-hybridized carbons (Fsp3) is 0.385. The van der Waals surface area contributed by atoms with E-state index < -0.39 is 0 Å². The minimum atomic E-state index is 0.765. The van der Waals surface area contributed by atoms with Gasteiger partial charge in [-0.25, -0.2) is 0 Å². The molecular formula is C13H18N2. The van der Waals surface area contributed by atoms with Gasteiger partial charge < -0.3 is 10.3 Å². The molecule has 0 unspecified atom stereocenters. The van der Waals surface area contributed by atoms with Crippen LogP contribution in [0.3, 0.4) is 0 Å². The number of fused-ring (bicyclic) bond motifs is 1. The molecule has 0 aliphatic carbocycles. The zero-order valence-corrected chi connectivity index (χ0v) is 9.46. The molecule has 0 aliphatic rings. The van der Waals surface area contributed by atoms with E-state index in [4.69, 9.17) is 5.73 Å². The van der Waals surface area contributed by atoms with Gasteiger partial charge in [-0.3, -0.25) is 0 Å². The van der Waals surface area contributed by atoms with E-state index in [-0.39, 0.29) is 0 Å². The summed E-state index contributed by atoms with van der Waals surface area (Å²) in [7, 11) is 2.14. The third kappa shape index (κ3) is 1.65. The second-order valence-corrected chi connectivity index (χ2v) is 4.04. The summed E-state index contributed by atoms with van der Waals surface area (Å²) in [6.45, 7) is 2.97. The van der Waals surface area contributed by atoms with E-state index in [1.54, 1.807) is 0 Å². The molecule has 0 saturated carbocycles. The second-order valence-electron chi connectivity index (χ2n) is 4.04. The van der Waals surface area contributed by atoms with Crippen LogP contribution in [0.15, 0.2) is 24.3 Å². The minimum absolute atomic E-state index is 0.765. The quantitative estimate of drug-likeness (QED) is 0.814. The van der Waals surface area contributed by atoms with Gasteiger partial charge in [-0.15, -0.1) is 0 Å². The molecule has 2 heteroatoms. The number of para-hydroxylation sites is 1. The number of aryl methyl sites for hydroxylation is 2. The zero-order valence-electron chi connectivity index (χ0n) is 9.46. The van der Waals surface area contributed by atoms with E-state index in [9.17, 15) is 0 Å². The van der Waals surface area contributed by atoms with Crippen molar-refractivity contribution in [2.75, 3.05) is 6.54 Å². The standard InChI is InChI=1S/C13H18N2/c1-10-11-6-3-4-7-13(11)15(2)12(10)8-5-9-14/h3-4,6-7H,5,8-9,14H2,1-2H3. The van der Waals surface area contributed by atoms with Gasteiger partial charge in [0.25, 0.3) is 0 Å². The molecule has 1 aromatic heterocycles. The van der Waals surface area contributed by atoms with Crippen molar-refractivity contribution in [3.05, 3.63) is 35.5 Å². The summed E-state index contributed by atoms with van der Waals surface area (Å²) in [4.78, 5) is 0. The van der Waals surface area contributed by atoms with Crippen LogP contribution in [-0.2, 0) is 13.5 Å². The number of nitrogens with zero attached hydrogens (tertiary/aromatic N) is 1. The first-order valence-electron chi connectivity index (χ1n) is 5.48. The summed E-state index contributed by atoms with van der Waals surface area (Å²) in [5.74, 6) is 0. The summed E-state index contributed by atoms with van der Waals surface area (Å²) < 4.78 is 2.29. The molecule has 0 spiro atoms. The first-order valence-corrected chi connectivity index (χ1v) is 5.48. The van der Waals surface area contributed by atoms with Crippen LogP contribution in [0.1, 0.15) is 17.7 Å². The summed E-state index contributed by atoms with van der Waals surface area (Å²) in [6, 6.07) is 8.56. The van der Waals surface area contributed by atoms with Crippen LogP contribution in [0.25, 0.3) is 10.9 Å². The lowest BCUT2D eigenvalue weighted by Crippen LogP contribution is -2.04. The topological polar surface area (TPSA) is 30.9 Å². The van der Waals surface area contributed by atoms with Gasteiger partial charge >= 0.3 is 0 Å². The fourth-order valence-corrected chi connectivity index (χ4v) is 2.26. The molecule has 2 rings (SSSR count). The van der Waals surface area contributed by atoms with Crippen molar-refractivity contribution in [3.63, 3.8) is 0 Å². The van der Waals surface area contributed by atoms with E-state index in [0.29, 0.717) is 0 Å². The Hall–Kier alpha value is -1.28. The molecule has 0 bridgehead atoms. The average Bonchev–Trinajstić information content (AvgIpc) is 2.51. The summed E-state index contributed by atoms with van der Waals surface area (Å²) in [6.07, 6.45) is 2.14. The van der Waals surface area contributed by atoms with Gasteiger partial charge in [0.05, 0.1) is 0 Å². The summed E-state index contributed by atoms with van der Waals surface area (Å²) in [5.41, 5.74) is 9.71. The van der Waals surface area contributed by atoms with Crippen molar-refractivity contribution < 1.29 is 0 Å². The normalized spacial score (nSPS) is 11.1. The molecule has 2 aromatic rings. The van der Waals surface area contributed by atoms with Crippen molar-refractivity contribution in [1.29, 1.82) is 0 Å². The van der Waals surface area contributed by atoms with Crippen LogP contribution >= 0.6 is 0 Å². The predicted octanol–water partition coefficient (Wildman–Crippen LogP) is 2.38. The van der Waals surface area contributed by atoms with Gasteiger partial charge in [0.15, 0.2) is 0 Å². The third-order valence-corrected chi connectivity index (χ3v) is 3.12. The lowest BCUT2D eigenvalue weighted by atomic mass is 10.1. The van der Waals surface area contributed by atoms with E-state index in [1.165, 1.54) is 22.2 Å². The van der Waals surface area contributed by atoms with E-state index in [1.807, 2.05) is 0 Å². The van der Waals surface area contributed by atoms with Crippen molar-refractivity contribution in [3.8, 4) is 0 Å². The Morgan fingerprint density at radius 3 is 2.67 bits per heavy atom. The van der Waals surface area contributed by atoms with Gasteiger partial charge in [-0.1, -0.05) is 18.2 Å². The molecule has 0 saturated heterocycles. The number of hydrogen-bond donors (Lipinski definition) is 1. The molecule has 1 heterocycles. The van der Waals surface area contributed by atoms with Crippen LogP contribution in [-0.4, -0.2) is 11.1 Å². The Morgan fingerprint density at radius 1 is 1.27 bits per heavy atom. The van der Waals surface area contributed by atoms with Gasteiger partial charge in [-0.05, 0) is 37.9 Å². The van der Waals surface area contributed by atoms with Crippen LogP contribution in [0.5, 0.6) is 0 Å². The average molecular weight is 202 g/mol. The number of benzene rings is 1. The third-order valence-electron chi connectivity index (χ3n) is 3.12. The second kappa shape index (κ2) is 4.07. The lowest BCUT2D eigenvalue weighted by molar-refractivity contribution is 0.760. The molecule has 15 heavy (non-hydrogen) atoms. The van der Waals surface area contributed by atoms with Crippen LogP contribution in [0.2, 0.25) is 0 Å². The Bertz CT molecular complexity index is 430. The summed E-state index contributed by atoms with van der Waals surface area (Å²) in [5, 5.41) is 1.37. The highest BCUT2D eigenvalue weighted by Crippen LogP contribution is 2.24. The van der Waals surface area contributed by atoms with E-state index >= 15 is 0 Å². The molecule has 1 aromatic carbocycles. The fourth-order valence-electron chi connectivity index (χ4n) is 2.26. The maximum absolute atomic E-state index is 5.56. The van der Waals surface area contributed by atoms with Crippen molar-refractivity contribution in [2.24, 2.45) is 12.8 Å². The van der Waals surface area contributed by atoms with Crippen molar-refractivity contribution >= 4 is 10.9 Å². The minimum Gasteiger partial charge on any atom is -0.347 e. The highest BCUT2D eigenvalue weighted by atomic mass is 14.9. The number of hydrogen-bond acceptors (Lipinski definition) is 1. The molecule has 0 atom stereocenters. The van der Waals surface area contributed by atoms with Crippen LogP contribution in [0, 0.1) is 6.92 Å². The molecule has 0 radical (unpaired) electrons. The first-order chi connectivity index (χ1) is 7.25. The molecule has 0 amide bonds. The molecule has 80 valence electrons. The van der Waals surface area contributed by atoms with Gasteiger partial charge in [0, 0.05) is 23.6 Å². The van der Waals surface area contributed by atoms with Crippen LogP contribution in [0.4, 0.5) is 0 Å². The highest BCUT2D eigenvalue weighted by molar-refractivity contribution is 5.85. The number of nitrogens with two attached hydrogens (primary N) is 1. The Labute approximate surface area is 90.7 Å². The SMILES string of the molecule is Cc1c(CCCN)n(C)c2ccccc12. The first kappa shape index (κ1) is 10.2. The smallest absolute Gasteiger partial charge is 0.0482 e. The maximum atomic E-state index is 5.56. The van der Waals surface area contributed by atoms with Crippen molar-refractivity contribution in [2.45, 2.75) is 19.8 Å².